The van der Waals surface area contributed by atoms with Crippen LogP contribution in [0.25, 0.3) is 0 Å². The van der Waals surface area contributed by atoms with Gasteiger partial charge in [0, 0.05) is 24.8 Å². The Balaban J connectivity index is 2.20. The average Bonchev–Trinajstić information content (AvgIpc) is 2.57. The van der Waals surface area contributed by atoms with E-state index >= 15 is 0 Å². The molecule has 0 radical (unpaired) electrons. The molecule has 0 aliphatic rings. The molecule has 5 nitrogen and oxygen atoms in total. The van der Waals surface area contributed by atoms with E-state index in [0.717, 1.165) is 9.87 Å². The van der Waals surface area contributed by atoms with Gasteiger partial charge in [0.1, 0.15) is 0 Å². The van der Waals surface area contributed by atoms with Crippen LogP contribution >= 0.6 is 11.6 Å². The number of rotatable bonds is 6. The van der Waals surface area contributed by atoms with Crippen molar-refractivity contribution in [1.29, 1.82) is 0 Å². The lowest BCUT2D eigenvalue weighted by Crippen LogP contribution is -2.25. The van der Waals surface area contributed by atoms with Crippen LogP contribution in [0.3, 0.4) is 0 Å². The highest BCUT2D eigenvalue weighted by Gasteiger charge is 2.24. The van der Waals surface area contributed by atoms with Crippen LogP contribution in [0.1, 0.15) is 25.3 Å². The van der Waals surface area contributed by atoms with E-state index in [-0.39, 0.29) is 22.6 Å². The minimum Gasteiger partial charge on any atom is -0.326 e. The maximum absolute atomic E-state index is 12.8. The maximum Gasteiger partial charge on any atom is 0.242 e. The fourth-order valence-electron chi connectivity index (χ4n) is 2.65. The lowest BCUT2D eigenvalue weighted by Gasteiger charge is -2.21. The first kappa shape index (κ1) is 20.4. The summed E-state index contributed by atoms with van der Waals surface area (Å²) in [7, 11) is -0.538. The van der Waals surface area contributed by atoms with Crippen molar-refractivity contribution < 1.29 is 13.2 Å². The summed E-state index contributed by atoms with van der Waals surface area (Å²) in [6.07, 6.45) is 0. The Morgan fingerprint density at radius 3 is 2.00 bits per heavy atom. The van der Waals surface area contributed by atoms with Gasteiger partial charge in [-0.1, -0.05) is 37.6 Å². The highest BCUT2D eigenvalue weighted by Crippen LogP contribution is 2.27. The highest BCUT2D eigenvalue weighted by molar-refractivity contribution is 7.89. The molecule has 7 heteroatoms. The normalized spacial score (nSPS) is 13.0. The number of nitrogens with one attached hydrogen (secondary N) is 1. The highest BCUT2D eigenvalue weighted by atomic mass is 35.5. The molecule has 0 spiro atoms. The van der Waals surface area contributed by atoms with E-state index in [2.05, 4.69) is 5.32 Å². The van der Waals surface area contributed by atoms with Crippen LogP contribution in [0.15, 0.2) is 53.4 Å². The van der Waals surface area contributed by atoms with Gasteiger partial charge in [-0.2, -0.15) is 0 Å². The van der Waals surface area contributed by atoms with Crippen LogP contribution in [0, 0.1) is 5.92 Å². The summed E-state index contributed by atoms with van der Waals surface area (Å²) in [4.78, 5) is 12.9. The summed E-state index contributed by atoms with van der Waals surface area (Å²) in [5, 5.41) is 3.48. The van der Waals surface area contributed by atoms with Gasteiger partial charge >= 0.3 is 0 Å². The van der Waals surface area contributed by atoms with Crippen LogP contribution in [0.5, 0.6) is 0 Å². The second-order valence-electron chi connectivity index (χ2n) is 6.57. The van der Waals surface area contributed by atoms with Gasteiger partial charge in [-0.15, -0.1) is 0 Å². The fourth-order valence-corrected chi connectivity index (χ4v) is 3.68. The van der Waals surface area contributed by atoms with E-state index in [1.165, 1.54) is 26.2 Å². The SMILES string of the molecule is CC(C)[C@H](C(=O)Nc1ccc(S(=O)(=O)N(C)C)cc1)c1ccc(Cl)cc1. The summed E-state index contributed by atoms with van der Waals surface area (Å²) in [6, 6.07) is 13.4. The molecule has 0 saturated carbocycles. The van der Waals surface area contributed by atoms with Crippen molar-refractivity contribution in [3.05, 3.63) is 59.1 Å². The van der Waals surface area contributed by atoms with Crippen LogP contribution in [-0.2, 0) is 14.8 Å². The van der Waals surface area contributed by atoms with E-state index in [1.807, 2.05) is 26.0 Å². The predicted molar refractivity (Wildman–Crippen MR) is 105 cm³/mol. The second-order valence-corrected chi connectivity index (χ2v) is 9.16. The first-order valence-electron chi connectivity index (χ1n) is 8.22. The van der Waals surface area contributed by atoms with Crippen LogP contribution in [-0.4, -0.2) is 32.7 Å². The maximum atomic E-state index is 12.8. The number of hydrogen-bond donors (Lipinski definition) is 1. The number of anilines is 1. The standard InChI is InChI=1S/C19H23ClN2O3S/c1-13(2)18(14-5-7-15(20)8-6-14)19(23)21-16-9-11-17(12-10-16)26(24,25)22(3)4/h5-13,18H,1-4H3,(H,21,23)/t18-/m0/s1. The predicted octanol–water partition coefficient (Wildman–Crippen LogP) is 3.97. The molecule has 1 atom stereocenters. The number of benzene rings is 2. The van der Waals surface area contributed by atoms with Crippen molar-refractivity contribution in [3.8, 4) is 0 Å². The van der Waals surface area contributed by atoms with Gasteiger partial charge in [-0.25, -0.2) is 12.7 Å². The van der Waals surface area contributed by atoms with E-state index in [9.17, 15) is 13.2 Å². The molecule has 0 fully saturated rings. The van der Waals surface area contributed by atoms with E-state index in [1.54, 1.807) is 24.3 Å². The molecule has 2 rings (SSSR count). The second kappa shape index (κ2) is 8.20. The molecule has 0 aliphatic heterocycles. The molecule has 140 valence electrons. The van der Waals surface area contributed by atoms with Gasteiger partial charge in [0.15, 0.2) is 0 Å². The Morgan fingerprint density at radius 1 is 1.00 bits per heavy atom. The summed E-state index contributed by atoms with van der Waals surface area (Å²) in [6.45, 7) is 3.96. The quantitative estimate of drug-likeness (QED) is 0.806. The summed E-state index contributed by atoms with van der Waals surface area (Å²) in [5.41, 5.74) is 1.43. The molecule has 1 amide bonds. The summed E-state index contributed by atoms with van der Waals surface area (Å²) < 4.78 is 25.4. The van der Waals surface area contributed by atoms with E-state index in [0.29, 0.717) is 10.7 Å². The molecule has 0 saturated heterocycles. The zero-order valence-corrected chi connectivity index (χ0v) is 16.8. The molecule has 2 aromatic rings. The van der Waals surface area contributed by atoms with Crippen molar-refractivity contribution in [1.82, 2.24) is 4.31 Å². The molecule has 26 heavy (non-hydrogen) atoms. The first-order chi connectivity index (χ1) is 12.1. The van der Waals surface area contributed by atoms with Gasteiger partial charge in [-0.3, -0.25) is 4.79 Å². The van der Waals surface area contributed by atoms with E-state index < -0.39 is 10.0 Å². The van der Waals surface area contributed by atoms with Gasteiger partial charge < -0.3 is 5.32 Å². The van der Waals surface area contributed by atoms with Gasteiger partial charge in [0.05, 0.1) is 10.8 Å². The smallest absolute Gasteiger partial charge is 0.242 e. The molecule has 2 aromatic carbocycles. The van der Waals surface area contributed by atoms with Crippen molar-refractivity contribution in [2.45, 2.75) is 24.7 Å². The molecule has 1 N–H and O–H groups in total. The number of carbonyl (C=O) groups excluding carboxylic acids is 1. The Labute approximate surface area is 160 Å². The number of carbonyl (C=O) groups is 1. The molecular formula is C19H23ClN2O3S. The van der Waals surface area contributed by atoms with E-state index in [4.69, 9.17) is 11.6 Å². The number of amides is 1. The third-order valence-corrected chi connectivity index (χ3v) is 6.16. The lowest BCUT2D eigenvalue weighted by molar-refractivity contribution is -0.118. The Bertz CT molecular complexity index is 861. The lowest BCUT2D eigenvalue weighted by atomic mass is 9.87. The van der Waals surface area contributed by atoms with Crippen LogP contribution < -0.4 is 5.32 Å². The number of sulfonamides is 1. The topological polar surface area (TPSA) is 66.5 Å². The number of hydrogen-bond acceptors (Lipinski definition) is 3. The minimum atomic E-state index is -3.49. The zero-order valence-electron chi connectivity index (χ0n) is 15.2. The third-order valence-electron chi connectivity index (χ3n) is 4.08. The number of nitrogens with zero attached hydrogens (tertiary/aromatic N) is 1. The van der Waals surface area contributed by atoms with Crippen molar-refractivity contribution in [2.75, 3.05) is 19.4 Å². The molecule has 0 bridgehead atoms. The van der Waals surface area contributed by atoms with Crippen LogP contribution in [0.2, 0.25) is 5.02 Å². The van der Waals surface area contributed by atoms with Gasteiger partial charge in [0.2, 0.25) is 15.9 Å². The summed E-state index contributed by atoms with van der Waals surface area (Å²) in [5.74, 6) is -0.396. The Morgan fingerprint density at radius 2 is 1.54 bits per heavy atom. The number of halogens is 1. The van der Waals surface area contributed by atoms with Gasteiger partial charge in [0.25, 0.3) is 0 Å². The molecule has 0 unspecified atom stereocenters. The fraction of sp³-hybridized carbons (Fsp3) is 0.316. The molecular weight excluding hydrogens is 372 g/mol. The average molecular weight is 395 g/mol. The molecule has 0 aliphatic carbocycles. The minimum absolute atomic E-state index is 0.0876. The molecule has 0 aromatic heterocycles. The largest absolute Gasteiger partial charge is 0.326 e. The van der Waals surface area contributed by atoms with Gasteiger partial charge in [-0.05, 0) is 47.9 Å². The zero-order chi connectivity index (χ0) is 19.5. The Hall–Kier alpha value is -1.89. The van der Waals surface area contributed by atoms with Crippen molar-refractivity contribution >= 4 is 33.2 Å². The monoisotopic (exact) mass is 394 g/mol. The first-order valence-corrected chi connectivity index (χ1v) is 10.0. The molecule has 0 heterocycles. The van der Waals surface area contributed by atoms with Crippen LogP contribution in [0.4, 0.5) is 5.69 Å². The third kappa shape index (κ3) is 4.63. The Kier molecular flexibility index (Phi) is 6.44. The van der Waals surface area contributed by atoms with Crippen molar-refractivity contribution in [2.24, 2.45) is 5.92 Å². The summed E-state index contributed by atoms with van der Waals surface area (Å²) >= 11 is 5.93. The van der Waals surface area contributed by atoms with Crippen molar-refractivity contribution in [3.63, 3.8) is 0 Å².